The topological polar surface area (TPSA) is 97.2 Å². The largest absolute Gasteiger partial charge is 0.369 e. The van der Waals surface area contributed by atoms with Gasteiger partial charge in [0.2, 0.25) is 5.95 Å². The number of halogens is 2. The van der Waals surface area contributed by atoms with Crippen LogP contribution in [-0.4, -0.2) is 41.0 Å². The van der Waals surface area contributed by atoms with Gasteiger partial charge in [-0.15, -0.1) is 23.2 Å². The molecule has 1 heterocycles. The zero-order valence-corrected chi connectivity index (χ0v) is 18.1. The summed E-state index contributed by atoms with van der Waals surface area (Å²) in [6, 6.07) is 18.7. The molecule has 2 N–H and O–H groups in total. The lowest BCUT2D eigenvalue weighted by Gasteiger charge is -2.22. The highest BCUT2D eigenvalue weighted by atomic mass is 35.5. The number of alkyl halides is 2. The van der Waals surface area contributed by atoms with Crippen molar-refractivity contribution in [3.05, 3.63) is 76.1 Å². The molecule has 0 fully saturated rings. The zero-order chi connectivity index (χ0) is 22.1. The molecule has 1 aromatic heterocycles. The molecule has 0 saturated carbocycles. The summed E-state index contributed by atoms with van der Waals surface area (Å²) in [5.74, 6) is 1.18. The SMILES string of the molecule is N#Cc1c(-c2ccccc2)nc(NN=Cc2ccc(N(CCCl)CCCl)cc2)[nH]c1=O. The van der Waals surface area contributed by atoms with E-state index in [1.807, 2.05) is 48.5 Å². The van der Waals surface area contributed by atoms with Gasteiger partial charge < -0.3 is 4.90 Å². The maximum Gasteiger partial charge on any atom is 0.270 e. The highest BCUT2D eigenvalue weighted by molar-refractivity contribution is 6.18. The van der Waals surface area contributed by atoms with Crippen LogP contribution in [0.3, 0.4) is 0 Å². The van der Waals surface area contributed by atoms with E-state index >= 15 is 0 Å². The number of H-pyrrole nitrogens is 1. The first-order chi connectivity index (χ1) is 15.2. The predicted molar refractivity (Wildman–Crippen MR) is 126 cm³/mol. The number of rotatable bonds is 9. The normalized spacial score (nSPS) is 10.7. The summed E-state index contributed by atoms with van der Waals surface area (Å²) in [6.45, 7) is 1.43. The van der Waals surface area contributed by atoms with Crippen molar-refractivity contribution < 1.29 is 0 Å². The van der Waals surface area contributed by atoms with Crippen molar-refractivity contribution in [2.75, 3.05) is 35.2 Å². The molecule has 0 aliphatic heterocycles. The third kappa shape index (κ3) is 5.85. The number of hydrogen-bond acceptors (Lipinski definition) is 6. The van der Waals surface area contributed by atoms with Crippen LogP contribution in [0.25, 0.3) is 11.3 Å². The van der Waals surface area contributed by atoms with Crippen molar-refractivity contribution in [1.29, 1.82) is 5.26 Å². The summed E-state index contributed by atoms with van der Waals surface area (Å²) in [5, 5.41) is 13.5. The molecule has 0 amide bonds. The van der Waals surface area contributed by atoms with Gasteiger partial charge in [0.1, 0.15) is 11.6 Å². The summed E-state index contributed by atoms with van der Waals surface area (Å²) in [4.78, 5) is 21.3. The standard InChI is InChI=1S/C22H20Cl2N6O/c23-10-12-30(13-11-24)18-8-6-16(7-9-18)15-26-29-22-27-20(17-4-2-1-3-5-17)19(14-25)21(31)28-22/h1-9,15H,10-13H2,(H2,27,28,29,31). The molecule has 2 aromatic carbocycles. The molecule has 0 saturated heterocycles. The van der Waals surface area contributed by atoms with Crippen LogP contribution in [0, 0.1) is 11.3 Å². The van der Waals surface area contributed by atoms with Gasteiger partial charge in [0, 0.05) is 36.1 Å². The van der Waals surface area contributed by atoms with Gasteiger partial charge in [-0.1, -0.05) is 42.5 Å². The second kappa shape index (κ2) is 11.2. The van der Waals surface area contributed by atoms with Crippen LogP contribution in [0.2, 0.25) is 0 Å². The van der Waals surface area contributed by atoms with Crippen LogP contribution in [-0.2, 0) is 0 Å². The molecule has 7 nitrogen and oxygen atoms in total. The van der Waals surface area contributed by atoms with Crippen LogP contribution in [0.15, 0.2) is 64.5 Å². The Bertz CT molecular complexity index is 1120. The summed E-state index contributed by atoms with van der Waals surface area (Å²) >= 11 is 11.7. The number of aromatic amines is 1. The molecule has 158 valence electrons. The van der Waals surface area contributed by atoms with E-state index in [9.17, 15) is 10.1 Å². The molecule has 0 atom stereocenters. The maximum absolute atomic E-state index is 12.3. The van der Waals surface area contributed by atoms with E-state index in [1.165, 1.54) is 0 Å². The fraction of sp³-hybridized carbons (Fsp3) is 0.182. The number of anilines is 2. The van der Waals surface area contributed by atoms with E-state index in [0.29, 0.717) is 36.1 Å². The first-order valence-electron chi connectivity index (χ1n) is 9.52. The number of nitrogens with zero attached hydrogens (tertiary/aromatic N) is 4. The van der Waals surface area contributed by atoms with Crippen LogP contribution in [0.1, 0.15) is 11.1 Å². The van der Waals surface area contributed by atoms with Crippen LogP contribution in [0.4, 0.5) is 11.6 Å². The average Bonchev–Trinajstić information content (AvgIpc) is 2.80. The number of aromatic nitrogens is 2. The number of benzene rings is 2. The van der Waals surface area contributed by atoms with Gasteiger partial charge in [-0.25, -0.2) is 10.4 Å². The molecule has 0 spiro atoms. The van der Waals surface area contributed by atoms with E-state index in [2.05, 4.69) is 25.4 Å². The lowest BCUT2D eigenvalue weighted by molar-refractivity contribution is 0.874. The van der Waals surface area contributed by atoms with Crippen LogP contribution >= 0.6 is 23.2 Å². The molecule has 9 heteroatoms. The molecular formula is C22H20Cl2N6O. The third-order valence-electron chi connectivity index (χ3n) is 4.43. The summed E-state index contributed by atoms with van der Waals surface area (Å²) in [5.41, 5.74) is 4.99. The molecule has 0 radical (unpaired) electrons. The molecule has 3 aromatic rings. The quantitative estimate of drug-likeness (QED) is 0.288. The Labute approximate surface area is 190 Å². The summed E-state index contributed by atoms with van der Waals surface area (Å²) < 4.78 is 0. The zero-order valence-electron chi connectivity index (χ0n) is 16.6. The molecule has 0 bridgehead atoms. The summed E-state index contributed by atoms with van der Waals surface area (Å²) in [6.07, 6.45) is 1.61. The van der Waals surface area contributed by atoms with E-state index in [-0.39, 0.29) is 11.5 Å². The number of nitrogens with one attached hydrogen (secondary N) is 2. The Morgan fingerprint density at radius 1 is 1.10 bits per heavy atom. The van der Waals surface area contributed by atoms with Crippen molar-refractivity contribution in [1.82, 2.24) is 9.97 Å². The van der Waals surface area contributed by atoms with E-state index in [0.717, 1.165) is 11.3 Å². The van der Waals surface area contributed by atoms with Gasteiger partial charge >= 0.3 is 0 Å². The van der Waals surface area contributed by atoms with Crippen molar-refractivity contribution >= 4 is 41.1 Å². The summed E-state index contributed by atoms with van der Waals surface area (Å²) in [7, 11) is 0. The lowest BCUT2D eigenvalue weighted by atomic mass is 10.1. The van der Waals surface area contributed by atoms with Crippen LogP contribution < -0.4 is 15.9 Å². The monoisotopic (exact) mass is 454 g/mol. The van der Waals surface area contributed by atoms with Gasteiger partial charge in [-0.3, -0.25) is 9.78 Å². The Balaban J connectivity index is 1.76. The average molecular weight is 455 g/mol. The van der Waals surface area contributed by atoms with Crippen LogP contribution in [0.5, 0.6) is 0 Å². The van der Waals surface area contributed by atoms with Crippen molar-refractivity contribution in [3.63, 3.8) is 0 Å². The third-order valence-corrected chi connectivity index (χ3v) is 4.77. The van der Waals surface area contributed by atoms with Gasteiger partial charge in [0.05, 0.1) is 11.9 Å². The first kappa shape index (κ1) is 22.3. The minimum absolute atomic E-state index is 0.0465. The van der Waals surface area contributed by atoms with Crippen molar-refractivity contribution in [3.8, 4) is 17.3 Å². The minimum atomic E-state index is -0.530. The second-order valence-electron chi connectivity index (χ2n) is 6.44. The number of hydrazone groups is 1. The number of hydrogen-bond donors (Lipinski definition) is 2. The maximum atomic E-state index is 12.3. The smallest absolute Gasteiger partial charge is 0.270 e. The van der Waals surface area contributed by atoms with Gasteiger partial charge in [-0.05, 0) is 17.7 Å². The van der Waals surface area contributed by atoms with Crippen molar-refractivity contribution in [2.45, 2.75) is 0 Å². The Hall–Kier alpha value is -3.34. The molecule has 31 heavy (non-hydrogen) atoms. The molecule has 0 aliphatic rings. The Morgan fingerprint density at radius 3 is 2.39 bits per heavy atom. The van der Waals surface area contributed by atoms with E-state index in [4.69, 9.17) is 23.2 Å². The molecule has 0 unspecified atom stereocenters. The highest BCUT2D eigenvalue weighted by Crippen LogP contribution is 2.19. The molecule has 0 aliphatic carbocycles. The molecular weight excluding hydrogens is 435 g/mol. The van der Waals surface area contributed by atoms with Gasteiger partial charge in [-0.2, -0.15) is 10.4 Å². The van der Waals surface area contributed by atoms with Gasteiger partial charge in [0.15, 0.2) is 0 Å². The minimum Gasteiger partial charge on any atom is -0.369 e. The Morgan fingerprint density at radius 2 is 1.77 bits per heavy atom. The van der Waals surface area contributed by atoms with Gasteiger partial charge in [0.25, 0.3) is 5.56 Å². The predicted octanol–water partition coefficient (Wildman–Crippen LogP) is 4.04. The van der Waals surface area contributed by atoms with E-state index in [1.54, 1.807) is 18.3 Å². The number of nitriles is 1. The first-order valence-corrected chi connectivity index (χ1v) is 10.6. The van der Waals surface area contributed by atoms with Crippen molar-refractivity contribution in [2.24, 2.45) is 5.10 Å². The molecule has 3 rings (SSSR count). The fourth-order valence-electron chi connectivity index (χ4n) is 2.95. The lowest BCUT2D eigenvalue weighted by Crippen LogP contribution is -2.27. The Kier molecular flexibility index (Phi) is 8.05. The second-order valence-corrected chi connectivity index (χ2v) is 7.20. The van der Waals surface area contributed by atoms with E-state index < -0.39 is 5.56 Å². The fourth-order valence-corrected chi connectivity index (χ4v) is 3.36. The highest BCUT2D eigenvalue weighted by Gasteiger charge is 2.12.